The number of benzene rings is 1. The average Bonchev–Trinajstić information content (AvgIpc) is 2.62. The molecule has 1 fully saturated rings. The van der Waals surface area contributed by atoms with Gasteiger partial charge in [0.1, 0.15) is 0 Å². The Kier molecular flexibility index (Phi) is 7.00. The number of likely N-dealkylation sites (tertiary alicyclic amines) is 1. The van der Waals surface area contributed by atoms with Crippen LogP contribution < -0.4 is 5.32 Å². The number of rotatable bonds is 8. The normalized spacial score (nSPS) is 18.3. The number of carbonyl (C=O) groups excluding carboxylic acids is 2. The average molecular weight is 346 g/mol. The molecule has 0 spiro atoms. The highest BCUT2D eigenvalue weighted by Gasteiger charge is 2.30. The van der Waals surface area contributed by atoms with Crippen molar-refractivity contribution >= 4 is 11.8 Å². The number of methoxy groups -OCH3 is 1. The minimum absolute atomic E-state index is 0.0192. The van der Waals surface area contributed by atoms with Crippen molar-refractivity contribution in [2.24, 2.45) is 5.92 Å². The van der Waals surface area contributed by atoms with Crippen molar-refractivity contribution in [3.63, 3.8) is 0 Å². The van der Waals surface area contributed by atoms with E-state index in [-0.39, 0.29) is 23.3 Å². The summed E-state index contributed by atoms with van der Waals surface area (Å²) in [5, 5.41) is 2.96. The minimum Gasteiger partial charge on any atom is -0.377 e. The molecule has 0 saturated carbocycles. The predicted octanol–water partition coefficient (Wildman–Crippen LogP) is 2.40. The lowest BCUT2D eigenvalue weighted by molar-refractivity contribution is -0.138. The van der Waals surface area contributed by atoms with E-state index < -0.39 is 0 Å². The smallest absolute Gasteiger partial charge is 0.225 e. The van der Waals surface area contributed by atoms with Crippen LogP contribution in [0.15, 0.2) is 30.3 Å². The van der Waals surface area contributed by atoms with Gasteiger partial charge in [0.25, 0.3) is 0 Å². The van der Waals surface area contributed by atoms with Crippen LogP contribution in [0, 0.1) is 5.92 Å². The lowest BCUT2D eigenvalue weighted by Gasteiger charge is -2.33. The standard InChI is InChI=1S/C20H30N2O3/c1-20(2,25-3)15-21-19(24)17-11-12-18(23)22(14-17)13-7-10-16-8-5-4-6-9-16/h4-6,8-9,17H,7,10-15H2,1-3H3,(H,21,24)/t17-/m0/s1. The van der Waals surface area contributed by atoms with Crippen LogP contribution in [0.4, 0.5) is 0 Å². The van der Waals surface area contributed by atoms with Gasteiger partial charge < -0.3 is 15.0 Å². The second-order valence-corrected chi connectivity index (χ2v) is 7.35. The highest BCUT2D eigenvalue weighted by atomic mass is 16.5. The molecular weight excluding hydrogens is 316 g/mol. The summed E-state index contributed by atoms with van der Waals surface area (Å²) in [4.78, 5) is 26.4. The lowest BCUT2D eigenvalue weighted by Crippen LogP contribution is -2.48. The van der Waals surface area contributed by atoms with E-state index in [0.717, 1.165) is 12.8 Å². The number of aryl methyl sites for hydroxylation is 1. The summed E-state index contributed by atoms with van der Waals surface area (Å²) in [6.07, 6.45) is 2.95. The molecule has 2 amide bonds. The third-order valence-electron chi connectivity index (χ3n) is 4.85. The summed E-state index contributed by atoms with van der Waals surface area (Å²) < 4.78 is 5.33. The molecule has 1 aliphatic heterocycles. The van der Waals surface area contributed by atoms with E-state index in [2.05, 4.69) is 17.4 Å². The molecule has 1 heterocycles. The Hall–Kier alpha value is -1.88. The summed E-state index contributed by atoms with van der Waals surface area (Å²) in [5.41, 5.74) is 0.901. The fraction of sp³-hybridized carbons (Fsp3) is 0.600. The molecule has 2 rings (SSSR count). The molecule has 0 unspecified atom stereocenters. The molecule has 1 aromatic rings. The van der Waals surface area contributed by atoms with Gasteiger partial charge in [-0.3, -0.25) is 9.59 Å². The maximum Gasteiger partial charge on any atom is 0.225 e. The number of ether oxygens (including phenoxy) is 1. The summed E-state index contributed by atoms with van der Waals surface area (Å²) in [7, 11) is 1.64. The summed E-state index contributed by atoms with van der Waals surface area (Å²) >= 11 is 0. The van der Waals surface area contributed by atoms with Crippen LogP contribution in [0.2, 0.25) is 0 Å². The van der Waals surface area contributed by atoms with Crippen molar-refractivity contribution in [3.8, 4) is 0 Å². The largest absolute Gasteiger partial charge is 0.377 e. The van der Waals surface area contributed by atoms with Crippen LogP contribution in [0.1, 0.15) is 38.7 Å². The molecular formula is C20H30N2O3. The molecule has 1 N–H and O–H groups in total. The zero-order valence-electron chi connectivity index (χ0n) is 15.6. The van der Waals surface area contributed by atoms with Crippen molar-refractivity contribution in [1.82, 2.24) is 10.2 Å². The maximum absolute atomic E-state index is 12.4. The highest BCUT2D eigenvalue weighted by molar-refractivity contribution is 5.83. The molecule has 0 aromatic heterocycles. The minimum atomic E-state index is -0.379. The first kappa shape index (κ1) is 19.4. The SMILES string of the molecule is COC(C)(C)CNC(=O)[C@H]1CCC(=O)N(CCCc2ccccc2)C1. The van der Waals surface area contributed by atoms with Gasteiger partial charge in [0.05, 0.1) is 11.5 Å². The molecule has 25 heavy (non-hydrogen) atoms. The Morgan fingerprint density at radius 2 is 2.04 bits per heavy atom. The molecule has 1 atom stereocenters. The predicted molar refractivity (Wildman–Crippen MR) is 98.2 cm³/mol. The summed E-state index contributed by atoms with van der Waals surface area (Å²) in [6.45, 7) is 5.58. The molecule has 0 bridgehead atoms. The number of carbonyl (C=O) groups is 2. The third-order valence-corrected chi connectivity index (χ3v) is 4.85. The quantitative estimate of drug-likeness (QED) is 0.786. The molecule has 1 aliphatic rings. The topological polar surface area (TPSA) is 58.6 Å². The van der Waals surface area contributed by atoms with Crippen molar-refractivity contribution in [1.29, 1.82) is 0 Å². The van der Waals surface area contributed by atoms with E-state index in [0.29, 0.717) is 32.5 Å². The van der Waals surface area contributed by atoms with Crippen LogP contribution in [-0.2, 0) is 20.7 Å². The van der Waals surface area contributed by atoms with Gasteiger partial charge >= 0.3 is 0 Å². The van der Waals surface area contributed by atoms with Crippen LogP contribution >= 0.6 is 0 Å². The zero-order chi connectivity index (χ0) is 18.3. The zero-order valence-corrected chi connectivity index (χ0v) is 15.6. The first-order valence-corrected chi connectivity index (χ1v) is 9.06. The first-order chi connectivity index (χ1) is 11.9. The Bertz CT molecular complexity index is 572. The van der Waals surface area contributed by atoms with E-state index in [9.17, 15) is 9.59 Å². The molecule has 1 aromatic carbocycles. The molecule has 5 heteroatoms. The van der Waals surface area contributed by atoms with Crippen LogP contribution in [0.3, 0.4) is 0 Å². The Morgan fingerprint density at radius 1 is 1.32 bits per heavy atom. The maximum atomic E-state index is 12.4. The van der Waals surface area contributed by atoms with Crippen LogP contribution in [0.25, 0.3) is 0 Å². The van der Waals surface area contributed by atoms with Gasteiger partial charge in [0, 0.05) is 33.2 Å². The second-order valence-electron chi connectivity index (χ2n) is 7.35. The van der Waals surface area contributed by atoms with E-state index >= 15 is 0 Å². The number of piperidine rings is 1. The first-order valence-electron chi connectivity index (χ1n) is 9.06. The van der Waals surface area contributed by atoms with Gasteiger partial charge in [-0.25, -0.2) is 0 Å². The van der Waals surface area contributed by atoms with Crippen LogP contribution in [-0.4, -0.2) is 49.1 Å². The number of nitrogens with zero attached hydrogens (tertiary/aromatic N) is 1. The highest BCUT2D eigenvalue weighted by Crippen LogP contribution is 2.19. The fourth-order valence-corrected chi connectivity index (χ4v) is 2.98. The lowest BCUT2D eigenvalue weighted by atomic mass is 9.95. The number of hydrogen-bond acceptors (Lipinski definition) is 3. The van der Waals surface area contributed by atoms with Crippen molar-refractivity contribution in [2.75, 3.05) is 26.7 Å². The monoisotopic (exact) mass is 346 g/mol. The Balaban J connectivity index is 1.79. The van der Waals surface area contributed by atoms with Crippen molar-refractivity contribution in [2.45, 2.75) is 45.1 Å². The van der Waals surface area contributed by atoms with Crippen molar-refractivity contribution < 1.29 is 14.3 Å². The van der Waals surface area contributed by atoms with E-state index in [1.165, 1.54) is 5.56 Å². The van der Waals surface area contributed by atoms with Gasteiger partial charge in [-0.1, -0.05) is 30.3 Å². The number of amides is 2. The Morgan fingerprint density at radius 3 is 2.72 bits per heavy atom. The van der Waals surface area contributed by atoms with E-state index in [4.69, 9.17) is 4.74 Å². The second kappa shape index (κ2) is 8.99. The molecule has 0 radical (unpaired) electrons. The molecule has 0 aliphatic carbocycles. The van der Waals surface area contributed by atoms with Crippen LogP contribution in [0.5, 0.6) is 0 Å². The molecule has 5 nitrogen and oxygen atoms in total. The number of hydrogen-bond donors (Lipinski definition) is 1. The van der Waals surface area contributed by atoms with E-state index in [1.807, 2.05) is 36.9 Å². The van der Waals surface area contributed by atoms with Gasteiger partial charge in [-0.2, -0.15) is 0 Å². The Labute approximate surface area is 150 Å². The summed E-state index contributed by atoms with van der Waals surface area (Å²) in [5.74, 6) is 0.0575. The molecule has 138 valence electrons. The van der Waals surface area contributed by atoms with Gasteiger partial charge in [-0.15, -0.1) is 0 Å². The molecule has 1 saturated heterocycles. The number of nitrogens with one attached hydrogen (secondary N) is 1. The third kappa shape index (κ3) is 6.16. The summed E-state index contributed by atoms with van der Waals surface area (Å²) in [6, 6.07) is 10.3. The van der Waals surface area contributed by atoms with Crippen molar-refractivity contribution in [3.05, 3.63) is 35.9 Å². The van der Waals surface area contributed by atoms with Gasteiger partial charge in [-0.05, 0) is 38.7 Å². The fourth-order valence-electron chi connectivity index (χ4n) is 2.98. The van der Waals surface area contributed by atoms with E-state index in [1.54, 1.807) is 7.11 Å². The van der Waals surface area contributed by atoms with Gasteiger partial charge in [0.2, 0.25) is 11.8 Å². The van der Waals surface area contributed by atoms with Gasteiger partial charge in [0.15, 0.2) is 0 Å².